The number of carboxylic acids is 1. The minimum atomic E-state index is -0.998. The highest BCUT2D eigenvalue weighted by Crippen LogP contribution is 2.42. The van der Waals surface area contributed by atoms with Gasteiger partial charge in [-0.25, -0.2) is 4.79 Å². The molecule has 0 radical (unpaired) electrons. The largest absolute Gasteiger partial charge is 0.477 e. The predicted octanol–water partition coefficient (Wildman–Crippen LogP) is 3.64. The molecule has 1 aromatic heterocycles. The molecule has 1 amide bonds. The molecule has 4 nitrogen and oxygen atoms in total. The van der Waals surface area contributed by atoms with Crippen LogP contribution in [0.3, 0.4) is 0 Å². The summed E-state index contributed by atoms with van der Waals surface area (Å²) in [4.78, 5) is 24.0. The highest BCUT2D eigenvalue weighted by atomic mass is 32.1. The van der Waals surface area contributed by atoms with Crippen molar-refractivity contribution in [2.45, 2.75) is 25.8 Å². The van der Waals surface area contributed by atoms with Gasteiger partial charge in [-0.3, -0.25) is 4.79 Å². The number of nitrogens with one attached hydrogen (secondary N) is 1. The van der Waals surface area contributed by atoms with Crippen LogP contribution in [0.2, 0.25) is 0 Å². The zero-order valence-electron chi connectivity index (χ0n) is 12.2. The Labute approximate surface area is 132 Å². The number of rotatable bonds is 5. The van der Waals surface area contributed by atoms with Crippen molar-refractivity contribution in [2.24, 2.45) is 5.92 Å². The van der Waals surface area contributed by atoms with E-state index in [1.54, 1.807) is 6.07 Å². The van der Waals surface area contributed by atoms with Crippen molar-refractivity contribution in [1.29, 1.82) is 0 Å². The highest BCUT2D eigenvalue weighted by molar-refractivity contribution is 7.15. The Balaban J connectivity index is 1.80. The Morgan fingerprint density at radius 2 is 1.86 bits per heavy atom. The lowest BCUT2D eigenvalue weighted by Crippen LogP contribution is -2.29. The second-order valence-corrected chi connectivity index (χ2v) is 6.70. The number of carboxylic acid groups (broad SMARTS) is 1. The summed E-state index contributed by atoms with van der Waals surface area (Å²) in [6.45, 7) is 2.05. The smallest absolute Gasteiger partial charge is 0.345 e. The van der Waals surface area contributed by atoms with Gasteiger partial charge in [0.05, 0.1) is 10.9 Å². The van der Waals surface area contributed by atoms with E-state index in [1.165, 1.54) is 6.07 Å². The van der Waals surface area contributed by atoms with Gasteiger partial charge in [-0.2, -0.15) is 0 Å². The SMILES string of the molecule is Cc1ccccc1C(NC(=O)c1ccc(C(=O)O)s1)C1CC1. The van der Waals surface area contributed by atoms with Gasteiger partial charge in [-0.05, 0) is 48.9 Å². The Morgan fingerprint density at radius 3 is 2.45 bits per heavy atom. The number of carbonyl (C=O) groups excluding carboxylic acids is 1. The van der Waals surface area contributed by atoms with Gasteiger partial charge in [0.2, 0.25) is 0 Å². The fourth-order valence-corrected chi connectivity index (χ4v) is 3.35. The number of hydrogen-bond acceptors (Lipinski definition) is 3. The van der Waals surface area contributed by atoms with Crippen molar-refractivity contribution < 1.29 is 14.7 Å². The molecule has 1 atom stereocenters. The minimum Gasteiger partial charge on any atom is -0.477 e. The topological polar surface area (TPSA) is 66.4 Å². The molecule has 0 bridgehead atoms. The van der Waals surface area contributed by atoms with E-state index in [4.69, 9.17) is 5.11 Å². The summed E-state index contributed by atoms with van der Waals surface area (Å²) in [5.74, 6) is -0.719. The van der Waals surface area contributed by atoms with Crippen LogP contribution in [-0.4, -0.2) is 17.0 Å². The van der Waals surface area contributed by atoms with Gasteiger partial charge in [-0.15, -0.1) is 11.3 Å². The Hall–Kier alpha value is -2.14. The van der Waals surface area contributed by atoms with Crippen molar-refractivity contribution in [3.8, 4) is 0 Å². The number of aromatic carboxylic acids is 1. The maximum Gasteiger partial charge on any atom is 0.345 e. The van der Waals surface area contributed by atoms with Crippen molar-refractivity contribution >= 4 is 23.2 Å². The monoisotopic (exact) mass is 315 g/mol. The van der Waals surface area contributed by atoms with Gasteiger partial charge < -0.3 is 10.4 Å². The molecule has 1 aliphatic carbocycles. The van der Waals surface area contributed by atoms with Gasteiger partial charge in [0.15, 0.2) is 0 Å². The number of amides is 1. The third-order valence-corrected chi connectivity index (χ3v) is 5.02. The van der Waals surface area contributed by atoms with Gasteiger partial charge in [0, 0.05) is 0 Å². The molecule has 1 aromatic carbocycles. The van der Waals surface area contributed by atoms with Crippen molar-refractivity contribution in [3.63, 3.8) is 0 Å². The van der Waals surface area contributed by atoms with Gasteiger partial charge in [-0.1, -0.05) is 24.3 Å². The predicted molar refractivity (Wildman–Crippen MR) is 85.4 cm³/mol. The van der Waals surface area contributed by atoms with Crippen LogP contribution >= 0.6 is 11.3 Å². The van der Waals surface area contributed by atoms with Gasteiger partial charge >= 0.3 is 5.97 Å². The minimum absolute atomic E-state index is 0.00378. The third-order valence-electron chi connectivity index (χ3n) is 3.94. The molecule has 1 fully saturated rings. The van der Waals surface area contributed by atoms with Crippen LogP contribution in [-0.2, 0) is 0 Å². The maximum absolute atomic E-state index is 12.4. The molecular formula is C17H17NO3S. The molecule has 22 heavy (non-hydrogen) atoms. The first-order valence-corrected chi connectivity index (χ1v) is 8.07. The normalized spacial score (nSPS) is 15.3. The first-order valence-electron chi connectivity index (χ1n) is 7.26. The van der Waals surface area contributed by atoms with Crippen LogP contribution in [0.5, 0.6) is 0 Å². The molecule has 2 N–H and O–H groups in total. The van der Waals surface area contributed by atoms with Crippen LogP contribution in [0.15, 0.2) is 36.4 Å². The fraction of sp³-hybridized carbons (Fsp3) is 0.294. The van der Waals surface area contributed by atoms with E-state index in [-0.39, 0.29) is 16.8 Å². The number of benzene rings is 1. The molecule has 1 unspecified atom stereocenters. The average molecular weight is 315 g/mol. The second-order valence-electron chi connectivity index (χ2n) is 5.61. The molecule has 114 valence electrons. The zero-order chi connectivity index (χ0) is 15.7. The van der Waals surface area contributed by atoms with Crippen molar-refractivity contribution in [3.05, 3.63) is 57.3 Å². The van der Waals surface area contributed by atoms with Crippen LogP contribution in [0.4, 0.5) is 0 Å². The third kappa shape index (κ3) is 3.04. The van der Waals surface area contributed by atoms with E-state index in [0.717, 1.165) is 35.3 Å². The molecule has 1 saturated carbocycles. The molecule has 0 aliphatic heterocycles. The summed E-state index contributed by atoms with van der Waals surface area (Å²) >= 11 is 1.01. The van der Waals surface area contributed by atoms with E-state index < -0.39 is 5.97 Å². The number of hydrogen-bond donors (Lipinski definition) is 2. The van der Waals surface area contributed by atoms with Crippen LogP contribution in [0.25, 0.3) is 0 Å². The lowest BCUT2D eigenvalue weighted by molar-refractivity contribution is 0.0702. The standard InChI is InChI=1S/C17H17NO3S/c1-10-4-2-3-5-12(10)15(11-6-7-11)18-16(19)13-8-9-14(22-13)17(20)21/h2-5,8-9,11,15H,6-7H2,1H3,(H,18,19)(H,20,21). The molecule has 1 heterocycles. The number of carbonyl (C=O) groups is 2. The molecular weight excluding hydrogens is 298 g/mol. The van der Waals surface area contributed by atoms with Gasteiger partial charge in [0.25, 0.3) is 5.91 Å². The zero-order valence-corrected chi connectivity index (χ0v) is 13.0. The van der Waals surface area contributed by atoms with Crippen LogP contribution in [0, 0.1) is 12.8 Å². The number of aryl methyl sites for hydroxylation is 1. The van der Waals surface area contributed by atoms with Gasteiger partial charge in [0.1, 0.15) is 4.88 Å². The van der Waals surface area contributed by atoms with E-state index in [9.17, 15) is 9.59 Å². The lowest BCUT2D eigenvalue weighted by Gasteiger charge is -2.20. The molecule has 3 rings (SSSR count). The van der Waals surface area contributed by atoms with E-state index in [0.29, 0.717) is 10.8 Å². The Kier molecular flexibility index (Phi) is 3.98. The first kappa shape index (κ1) is 14.8. The molecule has 2 aromatic rings. The lowest BCUT2D eigenvalue weighted by atomic mass is 9.97. The molecule has 0 saturated heterocycles. The summed E-state index contributed by atoms with van der Waals surface area (Å²) in [6.07, 6.45) is 2.23. The van der Waals surface area contributed by atoms with Crippen LogP contribution < -0.4 is 5.32 Å². The number of thiophene rings is 1. The maximum atomic E-state index is 12.4. The van der Waals surface area contributed by atoms with E-state index in [1.807, 2.05) is 25.1 Å². The van der Waals surface area contributed by atoms with E-state index in [2.05, 4.69) is 11.4 Å². The van der Waals surface area contributed by atoms with Crippen molar-refractivity contribution in [2.75, 3.05) is 0 Å². The summed E-state index contributed by atoms with van der Waals surface area (Å²) in [5, 5.41) is 12.0. The Morgan fingerprint density at radius 1 is 1.18 bits per heavy atom. The summed E-state index contributed by atoms with van der Waals surface area (Å²) in [7, 11) is 0. The molecule has 5 heteroatoms. The first-order chi connectivity index (χ1) is 10.6. The van der Waals surface area contributed by atoms with Crippen LogP contribution in [0.1, 0.15) is 49.4 Å². The summed E-state index contributed by atoms with van der Waals surface area (Å²) < 4.78 is 0. The average Bonchev–Trinajstić information content (AvgIpc) is 3.20. The summed E-state index contributed by atoms with van der Waals surface area (Å²) in [6, 6.07) is 11.1. The Bertz CT molecular complexity index is 718. The molecule has 1 aliphatic rings. The summed E-state index contributed by atoms with van der Waals surface area (Å²) in [5.41, 5.74) is 2.31. The highest BCUT2D eigenvalue weighted by Gasteiger charge is 2.34. The van der Waals surface area contributed by atoms with Crippen molar-refractivity contribution in [1.82, 2.24) is 5.32 Å². The second kappa shape index (κ2) is 5.93. The quantitative estimate of drug-likeness (QED) is 0.885. The molecule has 0 spiro atoms. The fourth-order valence-electron chi connectivity index (χ4n) is 2.60. The van der Waals surface area contributed by atoms with E-state index >= 15 is 0 Å².